The van der Waals surface area contributed by atoms with E-state index in [4.69, 9.17) is 5.73 Å². The first kappa shape index (κ1) is 8.96. The minimum absolute atomic E-state index is 0. The van der Waals surface area contributed by atoms with Crippen LogP contribution in [0.4, 0.5) is 0 Å². The molecule has 0 aliphatic carbocycles. The van der Waals surface area contributed by atoms with E-state index in [0.29, 0.717) is 0 Å². The molecule has 0 spiro atoms. The summed E-state index contributed by atoms with van der Waals surface area (Å²) in [6.07, 6.45) is 1.89. The van der Waals surface area contributed by atoms with Gasteiger partial charge in [-0.05, 0) is 19.4 Å². The summed E-state index contributed by atoms with van der Waals surface area (Å²) in [5, 5.41) is 2.92. The smallest absolute Gasteiger partial charge is 0.0660 e. The van der Waals surface area contributed by atoms with Crippen molar-refractivity contribution in [2.24, 2.45) is 0 Å². The molecule has 2 N–H and O–H groups in total. The standard InChI is InChI=1S/C5H10N2O.Cr/c6-5(8)4-2-1-3-7-4;/h4,7H,1-3H2,(H2,6,8);/p-1. The second-order valence-electron chi connectivity index (χ2n) is 2.01. The summed E-state index contributed by atoms with van der Waals surface area (Å²) in [6.45, 7) is 0.898. The van der Waals surface area contributed by atoms with Gasteiger partial charge in [-0.2, -0.15) is 0 Å². The zero-order valence-corrected chi connectivity index (χ0v) is 6.29. The molecular weight excluding hydrogens is 156 g/mol. The molecule has 1 aliphatic rings. The number of carbonyl (C=O) groups is 1. The second kappa shape index (κ2) is 3.89. The number of carbonyl (C=O) groups excluding carboxylic acids is 1. The van der Waals surface area contributed by atoms with Gasteiger partial charge in [-0.3, -0.25) is 0 Å². The first-order chi connectivity index (χ1) is 3.80. The van der Waals surface area contributed by atoms with E-state index in [-0.39, 0.29) is 23.4 Å². The Labute approximate surface area is 65.1 Å². The van der Waals surface area contributed by atoms with Gasteiger partial charge in [-0.15, -0.1) is 0 Å². The van der Waals surface area contributed by atoms with E-state index >= 15 is 0 Å². The van der Waals surface area contributed by atoms with E-state index < -0.39 is 5.91 Å². The van der Waals surface area contributed by atoms with Gasteiger partial charge in [0.15, 0.2) is 0 Å². The first-order valence-corrected chi connectivity index (χ1v) is 2.79. The number of amides is 1. The Balaban J connectivity index is 0.000000640. The van der Waals surface area contributed by atoms with Gasteiger partial charge in [0.1, 0.15) is 0 Å². The SMILES string of the molecule is [Cr].[NH-]C(=O)C1CCCN1. The molecule has 9 heavy (non-hydrogen) atoms. The summed E-state index contributed by atoms with van der Waals surface area (Å²) in [6, 6.07) is -0.157. The van der Waals surface area contributed by atoms with Gasteiger partial charge >= 0.3 is 0 Å². The molecule has 0 aromatic heterocycles. The molecule has 0 radical (unpaired) electrons. The summed E-state index contributed by atoms with van der Waals surface area (Å²) in [4.78, 5) is 10.3. The van der Waals surface area contributed by atoms with Crippen molar-refractivity contribution in [1.29, 1.82) is 0 Å². The summed E-state index contributed by atoms with van der Waals surface area (Å²) in [5.74, 6) is -0.470. The third-order valence-corrected chi connectivity index (χ3v) is 1.38. The van der Waals surface area contributed by atoms with E-state index in [1.54, 1.807) is 0 Å². The van der Waals surface area contributed by atoms with Crippen molar-refractivity contribution in [1.82, 2.24) is 5.32 Å². The van der Waals surface area contributed by atoms with Gasteiger partial charge in [0.2, 0.25) is 0 Å². The van der Waals surface area contributed by atoms with Gasteiger partial charge in [0.05, 0.1) is 5.91 Å². The molecule has 1 aliphatic heterocycles. The third kappa shape index (κ3) is 2.36. The Morgan fingerprint density at radius 3 is 2.56 bits per heavy atom. The molecule has 1 atom stereocenters. The van der Waals surface area contributed by atoms with Crippen molar-refractivity contribution in [3.05, 3.63) is 5.73 Å². The fourth-order valence-corrected chi connectivity index (χ4v) is 0.908. The molecule has 1 heterocycles. The maximum Gasteiger partial charge on any atom is 0.0660 e. The molecule has 52 valence electrons. The van der Waals surface area contributed by atoms with Crippen molar-refractivity contribution >= 4 is 5.91 Å². The molecular formula is C5H9CrN2O-. The van der Waals surface area contributed by atoms with Gasteiger partial charge in [0.25, 0.3) is 0 Å². The molecule has 0 bridgehead atoms. The quantitative estimate of drug-likeness (QED) is 0.608. The molecule has 4 heteroatoms. The minimum atomic E-state index is -0.470. The Morgan fingerprint density at radius 2 is 2.33 bits per heavy atom. The van der Waals surface area contributed by atoms with Crippen molar-refractivity contribution in [3.63, 3.8) is 0 Å². The van der Waals surface area contributed by atoms with Crippen molar-refractivity contribution in [2.45, 2.75) is 18.9 Å². The maximum absolute atomic E-state index is 10.3. The first-order valence-electron chi connectivity index (χ1n) is 2.79. The maximum atomic E-state index is 10.3. The average molecular weight is 165 g/mol. The minimum Gasteiger partial charge on any atom is -0.666 e. The third-order valence-electron chi connectivity index (χ3n) is 1.38. The van der Waals surface area contributed by atoms with Crippen LogP contribution in [0.1, 0.15) is 12.8 Å². The normalized spacial score (nSPS) is 25.1. The van der Waals surface area contributed by atoms with Crippen molar-refractivity contribution in [3.8, 4) is 0 Å². The van der Waals surface area contributed by atoms with Gasteiger partial charge < -0.3 is 15.8 Å². The number of hydrogen-bond donors (Lipinski definition) is 1. The topological polar surface area (TPSA) is 52.9 Å². The van der Waals surface area contributed by atoms with E-state index in [1.165, 1.54) is 0 Å². The molecule has 0 aromatic rings. The average Bonchev–Trinajstić information content (AvgIpc) is 2.12. The molecule has 0 saturated carbocycles. The van der Waals surface area contributed by atoms with Crippen LogP contribution in [0.25, 0.3) is 5.73 Å². The molecule has 3 nitrogen and oxygen atoms in total. The van der Waals surface area contributed by atoms with Crippen molar-refractivity contribution in [2.75, 3.05) is 6.54 Å². The predicted molar refractivity (Wildman–Crippen MR) is 30.4 cm³/mol. The van der Waals surface area contributed by atoms with Gasteiger partial charge in [-0.1, -0.05) is 0 Å². The Bertz CT molecular complexity index is 101. The van der Waals surface area contributed by atoms with Crippen LogP contribution in [-0.4, -0.2) is 18.5 Å². The van der Waals surface area contributed by atoms with Crippen LogP contribution >= 0.6 is 0 Å². The van der Waals surface area contributed by atoms with Gasteiger partial charge in [0, 0.05) is 23.4 Å². The summed E-state index contributed by atoms with van der Waals surface area (Å²) in [5.41, 5.74) is 6.67. The number of nitrogens with one attached hydrogen (secondary N) is 2. The van der Waals surface area contributed by atoms with Crippen LogP contribution in [0, 0.1) is 0 Å². The van der Waals surface area contributed by atoms with E-state index in [2.05, 4.69) is 5.32 Å². The van der Waals surface area contributed by atoms with Crippen LogP contribution in [0.2, 0.25) is 0 Å². The van der Waals surface area contributed by atoms with E-state index in [9.17, 15) is 4.79 Å². The molecule has 0 aromatic carbocycles. The van der Waals surface area contributed by atoms with E-state index in [0.717, 1.165) is 19.4 Å². The second-order valence-corrected chi connectivity index (χ2v) is 2.01. The molecule has 1 fully saturated rings. The van der Waals surface area contributed by atoms with Crippen LogP contribution < -0.4 is 5.32 Å². The fraction of sp³-hybridized carbons (Fsp3) is 0.800. The van der Waals surface area contributed by atoms with Crippen LogP contribution in [-0.2, 0) is 22.2 Å². The molecule has 1 amide bonds. The summed E-state index contributed by atoms with van der Waals surface area (Å²) in [7, 11) is 0. The Kier molecular flexibility index (Phi) is 3.87. The zero-order valence-electron chi connectivity index (χ0n) is 5.02. The number of hydrogen-bond acceptors (Lipinski definition) is 2. The van der Waals surface area contributed by atoms with Crippen LogP contribution in [0.15, 0.2) is 0 Å². The largest absolute Gasteiger partial charge is 0.666 e. The Hall–Kier alpha value is -0.0375. The molecule has 1 rings (SSSR count). The van der Waals surface area contributed by atoms with Crippen molar-refractivity contribution < 1.29 is 22.2 Å². The zero-order chi connectivity index (χ0) is 5.98. The van der Waals surface area contributed by atoms with Crippen LogP contribution in [0.3, 0.4) is 0 Å². The van der Waals surface area contributed by atoms with Gasteiger partial charge in [-0.25, -0.2) is 0 Å². The molecule has 1 saturated heterocycles. The summed E-state index contributed by atoms with van der Waals surface area (Å²) >= 11 is 0. The number of rotatable bonds is 1. The monoisotopic (exact) mass is 165 g/mol. The molecule has 1 unspecified atom stereocenters. The summed E-state index contributed by atoms with van der Waals surface area (Å²) < 4.78 is 0. The Morgan fingerprint density at radius 1 is 1.67 bits per heavy atom. The fourth-order valence-electron chi connectivity index (χ4n) is 0.908. The van der Waals surface area contributed by atoms with E-state index in [1.807, 2.05) is 0 Å². The predicted octanol–water partition coefficient (Wildman–Crippen LogP) is 0.315. The van der Waals surface area contributed by atoms with Crippen LogP contribution in [0.5, 0.6) is 0 Å².